The van der Waals surface area contributed by atoms with Crippen LogP contribution in [0.4, 0.5) is 5.69 Å². The van der Waals surface area contributed by atoms with Gasteiger partial charge in [-0.2, -0.15) is 0 Å². The van der Waals surface area contributed by atoms with Gasteiger partial charge in [-0.15, -0.1) is 11.8 Å². The van der Waals surface area contributed by atoms with E-state index in [2.05, 4.69) is 76.2 Å². The Kier molecular flexibility index (Phi) is 6.31. The average molecular weight is 365 g/mol. The van der Waals surface area contributed by atoms with E-state index >= 15 is 0 Å². The summed E-state index contributed by atoms with van der Waals surface area (Å²) in [6, 6.07) is 17.1. The molecule has 0 saturated heterocycles. The molecule has 0 fully saturated rings. The van der Waals surface area contributed by atoms with Crippen molar-refractivity contribution in [3.05, 3.63) is 65.2 Å². The third kappa shape index (κ3) is 4.27. The molecule has 0 amide bonds. The van der Waals surface area contributed by atoms with Gasteiger partial charge in [-0.25, -0.2) is 4.99 Å². The number of nitrogens with zero attached hydrogens (tertiary/aromatic N) is 2. The van der Waals surface area contributed by atoms with Gasteiger partial charge in [0, 0.05) is 17.9 Å². The van der Waals surface area contributed by atoms with Crippen LogP contribution < -0.4 is 0 Å². The van der Waals surface area contributed by atoms with Gasteiger partial charge in [-0.05, 0) is 29.4 Å². The van der Waals surface area contributed by atoms with Crippen LogP contribution in [0.2, 0.25) is 0 Å². The fourth-order valence-corrected chi connectivity index (χ4v) is 4.14. The van der Waals surface area contributed by atoms with Crippen LogP contribution in [-0.2, 0) is 0 Å². The maximum atomic E-state index is 5.26. The smallest absolute Gasteiger partial charge is 0.117 e. The van der Waals surface area contributed by atoms with E-state index in [9.17, 15) is 0 Å². The molecule has 0 bridgehead atoms. The summed E-state index contributed by atoms with van der Waals surface area (Å²) in [5.74, 6) is 1.99. The Morgan fingerprint density at radius 2 is 1.58 bits per heavy atom. The predicted octanol–water partition coefficient (Wildman–Crippen LogP) is 6.59. The van der Waals surface area contributed by atoms with Gasteiger partial charge in [-0.1, -0.05) is 76.2 Å². The van der Waals surface area contributed by atoms with Crippen molar-refractivity contribution in [2.75, 3.05) is 12.3 Å². The molecule has 0 aliphatic carbocycles. The van der Waals surface area contributed by atoms with Crippen molar-refractivity contribution in [2.24, 2.45) is 9.98 Å². The molecule has 0 saturated carbocycles. The Labute approximate surface area is 161 Å². The molecule has 2 aromatic carbocycles. The second-order valence-electron chi connectivity index (χ2n) is 7.31. The molecule has 0 radical (unpaired) electrons. The maximum Gasteiger partial charge on any atom is 0.117 e. The third-order valence-electron chi connectivity index (χ3n) is 4.61. The number of benzene rings is 2. The highest BCUT2D eigenvalue weighted by Crippen LogP contribution is 2.35. The summed E-state index contributed by atoms with van der Waals surface area (Å²) in [5, 5.41) is 1.08. The summed E-state index contributed by atoms with van der Waals surface area (Å²) in [6.07, 6.45) is 1.15. The van der Waals surface area contributed by atoms with Crippen molar-refractivity contribution in [3.8, 4) is 0 Å². The van der Waals surface area contributed by atoms with Gasteiger partial charge >= 0.3 is 0 Å². The summed E-state index contributed by atoms with van der Waals surface area (Å²) in [5.41, 5.74) is 5.92. The van der Waals surface area contributed by atoms with Crippen molar-refractivity contribution in [1.82, 2.24) is 0 Å². The fourth-order valence-electron chi connectivity index (χ4n) is 3.19. The minimum Gasteiger partial charge on any atom is -0.276 e. The number of thioether (sulfide) groups is 1. The number of para-hydroxylation sites is 1. The lowest BCUT2D eigenvalue weighted by atomic mass is 9.92. The van der Waals surface area contributed by atoms with E-state index in [4.69, 9.17) is 9.98 Å². The molecule has 136 valence electrons. The van der Waals surface area contributed by atoms with Crippen LogP contribution in [0.25, 0.3) is 0 Å². The number of rotatable bonds is 5. The van der Waals surface area contributed by atoms with Crippen LogP contribution in [0.15, 0.2) is 58.5 Å². The van der Waals surface area contributed by atoms with Crippen molar-refractivity contribution in [1.29, 1.82) is 0 Å². The molecular formula is C23H28N2S. The zero-order valence-electron chi connectivity index (χ0n) is 16.2. The van der Waals surface area contributed by atoms with Gasteiger partial charge in [0.25, 0.3) is 0 Å². The van der Waals surface area contributed by atoms with E-state index < -0.39 is 0 Å². The Balaban J connectivity index is 2.21. The lowest BCUT2D eigenvalue weighted by Crippen LogP contribution is -2.17. The Hall–Kier alpha value is -1.87. The number of hydrogen-bond acceptors (Lipinski definition) is 3. The summed E-state index contributed by atoms with van der Waals surface area (Å²) in [4.78, 5) is 10.1. The van der Waals surface area contributed by atoms with Crippen molar-refractivity contribution < 1.29 is 0 Å². The first-order chi connectivity index (χ1) is 12.6. The highest BCUT2D eigenvalue weighted by molar-refractivity contribution is 8.15. The topological polar surface area (TPSA) is 24.7 Å². The molecule has 2 nitrogen and oxygen atoms in total. The molecule has 3 rings (SSSR count). The van der Waals surface area contributed by atoms with Gasteiger partial charge in [0.1, 0.15) is 10.8 Å². The zero-order chi connectivity index (χ0) is 18.5. The number of hydrogen-bond donors (Lipinski definition) is 0. The second kappa shape index (κ2) is 8.68. The molecule has 26 heavy (non-hydrogen) atoms. The zero-order valence-corrected chi connectivity index (χ0v) is 17.0. The molecular weight excluding hydrogens is 336 g/mol. The first-order valence-corrected chi connectivity index (χ1v) is 10.5. The Bertz CT molecular complexity index is 778. The van der Waals surface area contributed by atoms with Crippen molar-refractivity contribution in [3.63, 3.8) is 0 Å². The quantitative estimate of drug-likeness (QED) is 0.549. The first-order valence-electron chi connectivity index (χ1n) is 9.52. The molecule has 0 spiro atoms. The Morgan fingerprint density at radius 1 is 0.923 bits per heavy atom. The molecule has 1 aliphatic heterocycles. The maximum absolute atomic E-state index is 5.26. The number of aliphatic imine (C=N–C) groups is 2. The average Bonchev–Trinajstić information content (AvgIpc) is 2.67. The molecule has 1 heterocycles. The molecule has 1 aliphatic rings. The molecule has 0 atom stereocenters. The van der Waals surface area contributed by atoms with Crippen LogP contribution >= 0.6 is 11.8 Å². The highest BCUT2D eigenvalue weighted by atomic mass is 32.2. The van der Waals surface area contributed by atoms with E-state index in [-0.39, 0.29) is 0 Å². The summed E-state index contributed by atoms with van der Waals surface area (Å²) in [6.45, 7) is 9.87. The summed E-state index contributed by atoms with van der Waals surface area (Å²) >= 11 is 1.83. The molecule has 0 unspecified atom stereocenters. The van der Waals surface area contributed by atoms with Crippen LogP contribution in [0, 0.1) is 0 Å². The third-order valence-corrected chi connectivity index (χ3v) is 5.70. The van der Waals surface area contributed by atoms with Crippen LogP contribution in [0.5, 0.6) is 0 Å². The Morgan fingerprint density at radius 3 is 2.12 bits per heavy atom. The molecule has 0 aromatic heterocycles. The molecule has 2 aromatic rings. The predicted molar refractivity (Wildman–Crippen MR) is 117 cm³/mol. The van der Waals surface area contributed by atoms with Gasteiger partial charge in [-0.3, -0.25) is 4.99 Å². The molecule has 3 heteroatoms. The standard InChI is InChI=1S/C23H28N2S/c1-16(2)19-12-8-13-20(17(3)4)22(19)25-21(18-10-6-5-7-11-18)23-24-14-9-15-26-23/h5-8,10-13,16-17H,9,14-15H2,1-4H3. The monoisotopic (exact) mass is 364 g/mol. The summed E-state index contributed by atoms with van der Waals surface area (Å²) < 4.78 is 0. The van der Waals surface area contributed by atoms with E-state index in [0.29, 0.717) is 11.8 Å². The minimum atomic E-state index is 0.436. The largest absolute Gasteiger partial charge is 0.276 e. The SMILES string of the molecule is CC(C)c1cccc(C(C)C)c1N=C(C1=NCCCS1)c1ccccc1. The van der Waals surface area contributed by atoms with E-state index in [0.717, 1.165) is 40.7 Å². The second-order valence-corrected chi connectivity index (χ2v) is 8.39. The van der Waals surface area contributed by atoms with E-state index in [1.165, 1.54) is 11.1 Å². The lowest BCUT2D eigenvalue weighted by molar-refractivity contribution is 0.835. The highest BCUT2D eigenvalue weighted by Gasteiger charge is 2.19. The van der Waals surface area contributed by atoms with Gasteiger partial charge in [0.15, 0.2) is 0 Å². The van der Waals surface area contributed by atoms with Gasteiger partial charge in [0.05, 0.1) is 5.69 Å². The lowest BCUT2D eigenvalue weighted by Gasteiger charge is -2.19. The van der Waals surface area contributed by atoms with Gasteiger partial charge in [0.2, 0.25) is 0 Å². The van der Waals surface area contributed by atoms with Crippen LogP contribution in [0.1, 0.15) is 62.6 Å². The van der Waals surface area contributed by atoms with E-state index in [1.54, 1.807) is 0 Å². The minimum absolute atomic E-state index is 0.436. The van der Waals surface area contributed by atoms with Crippen LogP contribution in [-0.4, -0.2) is 23.1 Å². The van der Waals surface area contributed by atoms with Crippen molar-refractivity contribution >= 4 is 28.2 Å². The summed E-state index contributed by atoms with van der Waals surface area (Å²) in [7, 11) is 0. The first kappa shape index (κ1) is 18.9. The van der Waals surface area contributed by atoms with Crippen molar-refractivity contribution in [2.45, 2.75) is 46.0 Å². The normalized spacial score (nSPS) is 15.5. The molecule has 0 N–H and O–H groups in total. The fraction of sp³-hybridized carbons (Fsp3) is 0.391. The van der Waals surface area contributed by atoms with Gasteiger partial charge < -0.3 is 0 Å². The van der Waals surface area contributed by atoms with E-state index in [1.807, 2.05) is 11.8 Å². The van der Waals surface area contributed by atoms with Crippen LogP contribution in [0.3, 0.4) is 0 Å².